The number of methoxy groups -OCH3 is 1. The zero-order chi connectivity index (χ0) is 14.7. The van der Waals surface area contributed by atoms with Crippen LogP contribution >= 0.6 is 0 Å². The van der Waals surface area contributed by atoms with Gasteiger partial charge in [-0.1, -0.05) is 6.92 Å². The molecule has 1 aliphatic rings. The molecule has 1 amide bonds. The molecular weight excluding hydrogens is 256 g/mol. The van der Waals surface area contributed by atoms with Gasteiger partial charge in [-0.15, -0.1) is 0 Å². The van der Waals surface area contributed by atoms with E-state index < -0.39 is 0 Å². The fourth-order valence-electron chi connectivity index (χ4n) is 2.88. The van der Waals surface area contributed by atoms with Crippen LogP contribution in [-0.2, 0) is 18.2 Å². The number of hydrogen-bond donors (Lipinski definition) is 1. The van der Waals surface area contributed by atoms with Crippen LogP contribution in [0.4, 0.5) is 5.69 Å². The third kappa shape index (κ3) is 2.80. The van der Waals surface area contributed by atoms with Crippen molar-refractivity contribution in [2.75, 3.05) is 32.5 Å². The zero-order valence-electron chi connectivity index (χ0n) is 12.6. The molecule has 6 nitrogen and oxygen atoms in total. The number of nitrogens with zero attached hydrogens (tertiary/aromatic N) is 3. The number of carbonyl (C=O) groups excluding carboxylic acids is 1. The Labute approximate surface area is 119 Å². The number of anilines is 1. The Hall–Kier alpha value is -1.56. The molecule has 2 rings (SSSR count). The van der Waals surface area contributed by atoms with Crippen LogP contribution in [0.2, 0.25) is 0 Å². The SMILES string of the molecule is CCc1nn(C)c(C(=O)N2CCCC(COC)C2)c1N. The minimum absolute atomic E-state index is 0.0157. The number of rotatable bonds is 4. The topological polar surface area (TPSA) is 73.4 Å². The highest BCUT2D eigenvalue weighted by Crippen LogP contribution is 2.23. The Balaban J connectivity index is 2.16. The number of ether oxygens (including phenoxy) is 1. The number of nitrogens with two attached hydrogens (primary N) is 1. The molecular formula is C14H24N4O2. The molecule has 1 fully saturated rings. The number of carbonyl (C=O) groups is 1. The number of hydrogen-bond acceptors (Lipinski definition) is 4. The third-order valence-corrected chi connectivity index (χ3v) is 3.91. The molecule has 0 saturated carbocycles. The quantitative estimate of drug-likeness (QED) is 0.895. The van der Waals surface area contributed by atoms with Gasteiger partial charge >= 0.3 is 0 Å². The summed E-state index contributed by atoms with van der Waals surface area (Å²) in [6.07, 6.45) is 2.86. The summed E-state index contributed by atoms with van der Waals surface area (Å²) in [5, 5.41) is 4.32. The molecule has 0 aromatic carbocycles. The van der Waals surface area contributed by atoms with E-state index in [1.54, 1.807) is 18.8 Å². The second-order valence-electron chi connectivity index (χ2n) is 5.40. The van der Waals surface area contributed by atoms with Gasteiger partial charge < -0.3 is 15.4 Å². The molecule has 112 valence electrons. The van der Waals surface area contributed by atoms with Crippen molar-refractivity contribution < 1.29 is 9.53 Å². The molecule has 1 unspecified atom stereocenters. The minimum Gasteiger partial charge on any atom is -0.395 e. The summed E-state index contributed by atoms with van der Waals surface area (Å²) in [7, 11) is 3.48. The van der Waals surface area contributed by atoms with Crippen LogP contribution in [0.1, 0.15) is 35.9 Å². The van der Waals surface area contributed by atoms with E-state index in [0.29, 0.717) is 23.9 Å². The van der Waals surface area contributed by atoms with Gasteiger partial charge in [-0.05, 0) is 25.2 Å². The van der Waals surface area contributed by atoms with Crippen LogP contribution in [0.15, 0.2) is 0 Å². The van der Waals surface area contributed by atoms with Crippen molar-refractivity contribution in [2.24, 2.45) is 13.0 Å². The fourth-order valence-corrected chi connectivity index (χ4v) is 2.88. The number of aryl methyl sites for hydroxylation is 2. The molecule has 1 saturated heterocycles. The Kier molecular flexibility index (Phi) is 4.65. The normalized spacial score (nSPS) is 19.4. The van der Waals surface area contributed by atoms with E-state index in [-0.39, 0.29) is 5.91 Å². The van der Waals surface area contributed by atoms with Gasteiger partial charge in [0.1, 0.15) is 5.69 Å². The van der Waals surface area contributed by atoms with E-state index >= 15 is 0 Å². The van der Waals surface area contributed by atoms with Crippen LogP contribution in [0.3, 0.4) is 0 Å². The first-order chi connectivity index (χ1) is 9.58. The second-order valence-corrected chi connectivity index (χ2v) is 5.40. The van der Waals surface area contributed by atoms with Crippen molar-refractivity contribution in [2.45, 2.75) is 26.2 Å². The Morgan fingerprint density at radius 1 is 1.55 bits per heavy atom. The van der Waals surface area contributed by atoms with Gasteiger partial charge in [0.2, 0.25) is 0 Å². The van der Waals surface area contributed by atoms with Gasteiger partial charge in [0.15, 0.2) is 0 Å². The van der Waals surface area contributed by atoms with Crippen LogP contribution < -0.4 is 5.73 Å². The standard InChI is InChI=1S/C14H24N4O2/c1-4-11-12(15)13(17(2)16-11)14(19)18-7-5-6-10(8-18)9-20-3/h10H,4-9,15H2,1-3H3. The Bertz CT molecular complexity index is 482. The molecule has 0 aliphatic carbocycles. The highest BCUT2D eigenvalue weighted by molar-refractivity contribution is 5.98. The smallest absolute Gasteiger partial charge is 0.274 e. The number of amides is 1. The highest BCUT2D eigenvalue weighted by atomic mass is 16.5. The summed E-state index contributed by atoms with van der Waals surface area (Å²) >= 11 is 0. The summed E-state index contributed by atoms with van der Waals surface area (Å²) in [6, 6.07) is 0. The number of nitrogen functional groups attached to an aromatic ring is 1. The molecule has 1 atom stereocenters. The highest BCUT2D eigenvalue weighted by Gasteiger charge is 2.28. The largest absolute Gasteiger partial charge is 0.395 e. The summed E-state index contributed by atoms with van der Waals surface area (Å²) in [5.74, 6) is 0.399. The second kappa shape index (κ2) is 6.26. The molecule has 2 heterocycles. The maximum absolute atomic E-state index is 12.7. The van der Waals surface area contributed by atoms with E-state index in [1.165, 1.54) is 0 Å². The molecule has 0 bridgehead atoms. The average Bonchev–Trinajstić information content (AvgIpc) is 2.73. The van der Waals surface area contributed by atoms with Gasteiger partial charge in [-0.25, -0.2) is 0 Å². The number of piperidine rings is 1. The molecule has 2 N–H and O–H groups in total. The molecule has 0 spiro atoms. The predicted molar refractivity (Wildman–Crippen MR) is 77.5 cm³/mol. The lowest BCUT2D eigenvalue weighted by Gasteiger charge is -2.32. The summed E-state index contributed by atoms with van der Waals surface area (Å²) in [4.78, 5) is 14.5. The van der Waals surface area contributed by atoms with Crippen molar-refractivity contribution in [3.8, 4) is 0 Å². The van der Waals surface area contributed by atoms with E-state index in [4.69, 9.17) is 10.5 Å². The van der Waals surface area contributed by atoms with Gasteiger partial charge in [-0.3, -0.25) is 9.48 Å². The summed E-state index contributed by atoms with van der Waals surface area (Å²) < 4.78 is 6.81. The monoisotopic (exact) mass is 280 g/mol. The van der Waals surface area contributed by atoms with Crippen molar-refractivity contribution in [1.29, 1.82) is 0 Å². The van der Waals surface area contributed by atoms with E-state index in [1.807, 2.05) is 11.8 Å². The van der Waals surface area contributed by atoms with Gasteiger partial charge in [0.25, 0.3) is 5.91 Å². The zero-order valence-corrected chi connectivity index (χ0v) is 12.6. The van der Waals surface area contributed by atoms with Crippen molar-refractivity contribution >= 4 is 11.6 Å². The van der Waals surface area contributed by atoms with Crippen LogP contribution in [0.5, 0.6) is 0 Å². The van der Waals surface area contributed by atoms with Crippen LogP contribution in [0, 0.1) is 5.92 Å². The van der Waals surface area contributed by atoms with Gasteiger partial charge in [-0.2, -0.15) is 5.10 Å². The fraction of sp³-hybridized carbons (Fsp3) is 0.714. The molecule has 0 radical (unpaired) electrons. The lowest BCUT2D eigenvalue weighted by atomic mass is 9.98. The molecule has 6 heteroatoms. The first-order valence-electron chi connectivity index (χ1n) is 7.18. The van der Waals surface area contributed by atoms with Crippen LogP contribution in [-0.4, -0.2) is 47.4 Å². The summed E-state index contributed by atoms with van der Waals surface area (Å²) in [5.41, 5.74) is 7.89. The van der Waals surface area contributed by atoms with E-state index in [0.717, 1.165) is 38.0 Å². The number of likely N-dealkylation sites (tertiary alicyclic amines) is 1. The third-order valence-electron chi connectivity index (χ3n) is 3.91. The minimum atomic E-state index is -0.0157. The van der Waals surface area contributed by atoms with Crippen molar-refractivity contribution in [1.82, 2.24) is 14.7 Å². The average molecular weight is 280 g/mol. The van der Waals surface area contributed by atoms with Crippen molar-refractivity contribution in [3.63, 3.8) is 0 Å². The van der Waals surface area contributed by atoms with Crippen LogP contribution in [0.25, 0.3) is 0 Å². The lowest BCUT2D eigenvalue weighted by molar-refractivity contribution is 0.0562. The first kappa shape index (κ1) is 14.8. The molecule has 1 aromatic heterocycles. The molecule has 1 aliphatic heterocycles. The maximum Gasteiger partial charge on any atom is 0.274 e. The summed E-state index contributed by atoms with van der Waals surface area (Å²) in [6.45, 7) is 4.21. The maximum atomic E-state index is 12.7. The Morgan fingerprint density at radius 3 is 2.90 bits per heavy atom. The number of aromatic nitrogens is 2. The van der Waals surface area contributed by atoms with Gasteiger partial charge in [0.05, 0.1) is 18.0 Å². The molecule has 1 aromatic rings. The predicted octanol–water partition coefficient (Wildman–Crippen LogP) is 1.06. The molecule has 20 heavy (non-hydrogen) atoms. The van der Waals surface area contributed by atoms with Gasteiger partial charge in [0, 0.05) is 27.2 Å². The van der Waals surface area contributed by atoms with E-state index in [9.17, 15) is 4.79 Å². The van der Waals surface area contributed by atoms with E-state index in [2.05, 4.69) is 5.10 Å². The first-order valence-corrected chi connectivity index (χ1v) is 7.18. The Morgan fingerprint density at radius 2 is 2.30 bits per heavy atom. The van der Waals surface area contributed by atoms with Crippen molar-refractivity contribution in [3.05, 3.63) is 11.4 Å². The lowest BCUT2D eigenvalue weighted by Crippen LogP contribution is -2.42.